The summed E-state index contributed by atoms with van der Waals surface area (Å²) in [6.45, 7) is 0.627. The third-order valence-corrected chi connectivity index (χ3v) is 7.26. The first kappa shape index (κ1) is 21.2. The summed E-state index contributed by atoms with van der Waals surface area (Å²) in [4.78, 5) is 24.6. The van der Waals surface area contributed by atoms with Crippen LogP contribution in [-0.4, -0.2) is 55.7 Å². The number of nitrogens with one attached hydrogen (secondary N) is 1. The summed E-state index contributed by atoms with van der Waals surface area (Å²) in [6.07, 6.45) is 2.34. The van der Waals surface area contributed by atoms with Crippen molar-refractivity contribution in [1.29, 1.82) is 0 Å². The molecule has 166 valence electrons. The number of carbonyl (C=O) groups is 2. The highest BCUT2D eigenvalue weighted by Crippen LogP contribution is 2.32. The van der Waals surface area contributed by atoms with Crippen molar-refractivity contribution in [2.24, 2.45) is 7.05 Å². The van der Waals surface area contributed by atoms with Crippen LogP contribution in [0.3, 0.4) is 0 Å². The number of aromatic nitrogens is 1. The molecule has 3 heterocycles. The number of fused-ring (bicyclic) bond motifs is 1. The number of esters is 1. The number of hydrogen-bond donors (Lipinski definition) is 1. The van der Waals surface area contributed by atoms with Crippen LogP contribution in [0.1, 0.15) is 28.9 Å². The van der Waals surface area contributed by atoms with Gasteiger partial charge in [0.1, 0.15) is 16.6 Å². The third kappa shape index (κ3) is 3.98. The summed E-state index contributed by atoms with van der Waals surface area (Å²) in [5.74, 6) is 0.255. The lowest BCUT2D eigenvalue weighted by atomic mass is 10.2. The lowest BCUT2D eigenvalue weighted by Gasteiger charge is -2.23. The van der Waals surface area contributed by atoms with Gasteiger partial charge in [0.2, 0.25) is 22.7 Å². The Hall–Kier alpha value is -3.05. The molecule has 1 amide bonds. The van der Waals surface area contributed by atoms with Crippen LogP contribution in [0.4, 0.5) is 0 Å². The lowest BCUT2D eigenvalue weighted by molar-refractivity contribution is -0.124. The highest BCUT2D eigenvalue weighted by Gasteiger charge is 2.40. The number of aryl methyl sites for hydroxylation is 1. The van der Waals surface area contributed by atoms with E-state index in [1.165, 1.54) is 28.2 Å². The molecule has 0 bridgehead atoms. The predicted octanol–water partition coefficient (Wildman–Crippen LogP) is 1.01. The van der Waals surface area contributed by atoms with E-state index < -0.39 is 22.0 Å². The monoisotopic (exact) mass is 449 g/mol. The zero-order valence-electron chi connectivity index (χ0n) is 17.2. The van der Waals surface area contributed by atoms with Crippen LogP contribution in [0.2, 0.25) is 0 Å². The maximum Gasteiger partial charge on any atom is 0.354 e. The second-order valence-electron chi connectivity index (χ2n) is 7.34. The van der Waals surface area contributed by atoms with Gasteiger partial charge in [0, 0.05) is 26.3 Å². The van der Waals surface area contributed by atoms with E-state index in [1.54, 1.807) is 19.2 Å². The van der Waals surface area contributed by atoms with E-state index in [9.17, 15) is 18.0 Å². The minimum Gasteiger partial charge on any atom is -0.464 e. The van der Waals surface area contributed by atoms with Crippen molar-refractivity contribution < 1.29 is 32.2 Å². The van der Waals surface area contributed by atoms with Crippen molar-refractivity contribution in [2.75, 3.05) is 20.4 Å². The molecule has 0 radical (unpaired) electrons. The number of hydrogen-bond acceptors (Lipinski definition) is 7. The Kier molecular flexibility index (Phi) is 5.63. The average Bonchev–Trinajstić information content (AvgIpc) is 3.50. The maximum atomic E-state index is 13.2. The quantitative estimate of drug-likeness (QED) is 0.654. The van der Waals surface area contributed by atoms with Crippen molar-refractivity contribution >= 4 is 21.9 Å². The fourth-order valence-electron chi connectivity index (χ4n) is 3.77. The molecule has 2 aliphatic rings. The first-order chi connectivity index (χ1) is 14.8. The molecule has 1 saturated heterocycles. The van der Waals surface area contributed by atoms with Gasteiger partial charge >= 0.3 is 5.97 Å². The molecule has 2 aliphatic heterocycles. The summed E-state index contributed by atoms with van der Waals surface area (Å²) < 4.78 is 44.2. The first-order valence-corrected chi connectivity index (χ1v) is 11.2. The zero-order valence-corrected chi connectivity index (χ0v) is 18.0. The van der Waals surface area contributed by atoms with Gasteiger partial charge in [-0.3, -0.25) is 4.79 Å². The minimum atomic E-state index is -3.96. The van der Waals surface area contributed by atoms with Crippen molar-refractivity contribution in [2.45, 2.75) is 30.3 Å². The van der Waals surface area contributed by atoms with Crippen molar-refractivity contribution in [3.63, 3.8) is 0 Å². The molecule has 1 aromatic heterocycles. The molecule has 0 aliphatic carbocycles. The first-order valence-electron chi connectivity index (χ1n) is 9.74. The molecule has 31 heavy (non-hydrogen) atoms. The summed E-state index contributed by atoms with van der Waals surface area (Å²) in [5.41, 5.74) is 0.930. The van der Waals surface area contributed by atoms with E-state index in [4.69, 9.17) is 9.47 Å². The van der Waals surface area contributed by atoms with E-state index >= 15 is 0 Å². The molecule has 0 spiro atoms. The van der Waals surface area contributed by atoms with Gasteiger partial charge in [0.25, 0.3) is 0 Å². The summed E-state index contributed by atoms with van der Waals surface area (Å²) in [7, 11) is -1.17. The van der Waals surface area contributed by atoms with Gasteiger partial charge in [-0.05, 0) is 36.6 Å². The van der Waals surface area contributed by atoms with Crippen LogP contribution in [0.15, 0.2) is 35.4 Å². The normalized spacial score (nSPS) is 18.2. The van der Waals surface area contributed by atoms with Gasteiger partial charge in [-0.1, -0.05) is 6.07 Å². The Morgan fingerprint density at radius 1 is 1.23 bits per heavy atom. The second kappa shape index (κ2) is 8.23. The number of carbonyl (C=O) groups excluding carboxylic acids is 2. The van der Waals surface area contributed by atoms with E-state index in [0.29, 0.717) is 24.3 Å². The molecular formula is C20H23N3O7S. The van der Waals surface area contributed by atoms with Gasteiger partial charge in [-0.2, -0.15) is 4.31 Å². The molecule has 2 aromatic rings. The van der Waals surface area contributed by atoms with Crippen LogP contribution in [0.5, 0.6) is 11.5 Å². The van der Waals surface area contributed by atoms with Crippen molar-refractivity contribution in [3.05, 3.63) is 41.7 Å². The molecule has 10 nitrogen and oxygen atoms in total. The lowest BCUT2D eigenvalue weighted by Crippen LogP contribution is -2.45. The molecule has 1 N–H and O–H groups in total. The summed E-state index contributed by atoms with van der Waals surface area (Å²) in [6, 6.07) is 5.81. The molecule has 11 heteroatoms. The van der Waals surface area contributed by atoms with Crippen LogP contribution in [0, 0.1) is 0 Å². The largest absolute Gasteiger partial charge is 0.464 e. The van der Waals surface area contributed by atoms with Gasteiger partial charge in [0.05, 0.1) is 7.11 Å². The Morgan fingerprint density at radius 2 is 2.00 bits per heavy atom. The average molecular weight is 449 g/mol. The Balaban J connectivity index is 1.48. The second-order valence-corrected chi connectivity index (χ2v) is 9.23. The SMILES string of the molecule is COC(=O)c1cc(S(=O)(=O)N2CCC[C@H]2C(=O)NCc2ccc3c(c2)OCO3)cn1C. The van der Waals surface area contributed by atoms with E-state index in [-0.39, 0.29) is 36.4 Å². The van der Waals surface area contributed by atoms with Gasteiger partial charge in [-0.15, -0.1) is 0 Å². The van der Waals surface area contributed by atoms with Crippen LogP contribution in [-0.2, 0) is 33.1 Å². The number of benzene rings is 1. The van der Waals surface area contributed by atoms with Gasteiger partial charge < -0.3 is 24.1 Å². The molecule has 0 unspecified atom stereocenters. The Morgan fingerprint density at radius 3 is 2.77 bits per heavy atom. The highest BCUT2D eigenvalue weighted by atomic mass is 32.2. The third-order valence-electron chi connectivity index (χ3n) is 5.39. The molecule has 4 rings (SSSR count). The van der Waals surface area contributed by atoms with Gasteiger partial charge in [0.15, 0.2) is 11.5 Å². The summed E-state index contributed by atoms with van der Waals surface area (Å²) >= 11 is 0. The number of rotatable bonds is 6. The molecule has 1 atom stereocenters. The van der Waals surface area contributed by atoms with Gasteiger partial charge in [-0.25, -0.2) is 13.2 Å². The fourth-order valence-corrected chi connectivity index (χ4v) is 5.49. The van der Waals surface area contributed by atoms with Crippen molar-refractivity contribution in [1.82, 2.24) is 14.2 Å². The zero-order chi connectivity index (χ0) is 22.2. The van der Waals surface area contributed by atoms with E-state index in [1.807, 2.05) is 6.07 Å². The molecule has 1 fully saturated rings. The highest BCUT2D eigenvalue weighted by molar-refractivity contribution is 7.89. The molecule has 0 saturated carbocycles. The van der Waals surface area contributed by atoms with E-state index in [0.717, 1.165) is 5.56 Å². The van der Waals surface area contributed by atoms with Crippen LogP contribution < -0.4 is 14.8 Å². The number of ether oxygens (including phenoxy) is 3. The molecule has 1 aromatic carbocycles. The topological polar surface area (TPSA) is 116 Å². The standard InChI is InChI=1S/C20H23N3O7S/c1-22-11-14(9-16(22)20(25)28-2)31(26,27)23-7-3-4-15(23)19(24)21-10-13-5-6-17-18(8-13)30-12-29-17/h5-6,8-9,11,15H,3-4,7,10,12H2,1-2H3,(H,21,24)/t15-/m0/s1. The number of sulfonamides is 1. The smallest absolute Gasteiger partial charge is 0.354 e. The minimum absolute atomic E-state index is 0.0501. The fraction of sp³-hybridized carbons (Fsp3) is 0.400. The van der Waals surface area contributed by atoms with Crippen molar-refractivity contribution in [3.8, 4) is 11.5 Å². The Bertz CT molecular complexity index is 1130. The van der Waals surface area contributed by atoms with Crippen LogP contribution in [0.25, 0.3) is 0 Å². The number of methoxy groups -OCH3 is 1. The number of nitrogens with zero attached hydrogens (tertiary/aromatic N) is 2. The maximum absolute atomic E-state index is 13.2. The predicted molar refractivity (Wildman–Crippen MR) is 108 cm³/mol. The summed E-state index contributed by atoms with van der Waals surface area (Å²) in [5, 5.41) is 2.81. The Labute approximate surface area is 179 Å². The van der Waals surface area contributed by atoms with Crippen LogP contribution >= 0.6 is 0 Å². The van der Waals surface area contributed by atoms with E-state index in [2.05, 4.69) is 10.1 Å². The molecular weight excluding hydrogens is 426 g/mol. The number of amides is 1.